The summed E-state index contributed by atoms with van der Waals surface area (Å²) >= 11 is 0. The zero-order valence-corrected chi connectivity index (χ0v) is 12.9. The molecule has 0 aliphatic heterocycles. The van der Waals surface area contributed by atoms with Crippen LogP contribution in [0.2, 0.25) is 0 Å². The highest BCUT2D eigenvalue weighted by Crippen LogP contribution is 2.40. The van der Waals surface area contributed by atoms with Gasteiger partial charge in [0.15, 0.2) is 11.4 Å². The zero-order chi connectivity index (χ0) is 14.8. The lowest BCUT2D eigenvalue weighted by atomic mass is 9.77. The van der Waals surface area contributed by atoms with E-state index in [1.54, 1.807) is 6.07 Å². The van der Waals surface area contributed by atoms with Crippen LogP contribution in [0.5, 0.6) is 0 Å². The molecule has 1 heterocycles. The predicted octanol–water partition coefficient (Wildman–Crippen LogP) is 4.84. The van der Waals surface area contributed by atoms with E-state index >= 15 is 0 Å². The number of para-hydroxylation sites is 1. The normalized spacial score (nSPS) is 23.0. The molecule has 2 atom stereocenters. The zero-order valence-electron chi connectivity index (χ0n) is 12.9. The van der Waals surface area contributed by atoms with Gasteiger partial charge in [0.05, 0.1) is 0 Å². The molecule has 114 valence electrons. The number of fused-ring (bicyclic) bond motifs is 1. The molecule has 2 nitrogen and oxygen atoms in total. The number of nitrogens with one attached hydrogen (secondary N) is 1. The van der Waals surface area contributed by atoms with E-state index in [1.165, 1.54) is 25.3 Å². The summed E-state index contributed by atoms with van der Waals surface area (Å²) in [6.07, 6.45) is 4.90. The maximum atomic E-state index is 13.8. The average molecular weight is 289 g/mol. The molecule has 1 N–H and O–H groups in total. The second-order valence-corrected chi connectivity index (χ2v) is 6.52. The third kappa shape index (κ3) is 3.13. The van der Waals surface area contributed by atoms with Crippen molar-refractivity contribution < 1.29 is 8.81 Å². The van der Waals surface area contributed by atoms with E-state index in [0.717, 1.165) is 24.1 Å². The van der Waals surface area contributed by atoms with Crippen LogP contribution in [-0.2, 0) is 0 Å². The van der Waals surface area contributed by atoms with Gasteiger partial charge in [-0.25, -0.2) is 4.39 Å². The van der Waals surface area contributed by atoms with E-state index in [2.05, 4.69) is 19.2 Å². The van der Waals surface area contributed by atoms with Gasteiger partial charge in [0.25, 0.3) is 0 Å². The Labute approximate surface area is 125 Å². The van der Waals surface area contributed by atoms with Crippen molar-refractivity contribution in [1.29, 1.82) is 0 Å². The van der Waals surface area contributed by atoms with Crippen LogP contribution in [0.25, 0.3) is 11.0 Å². The molecule has 3 rings (SSSR count). The molecule has 0 bridgehead atoms. The van der Waals surface area contributed by atoms with E-state index in [1.807, 2.05) is 12.1 Å². The molecule has 0 radical (unpaired) electrons. The van der Waals surface area contributed by atoms with Crippen LogP contribution in [0.1, 0.15) is 51.2 Å². The molecule has 2 aromatic rings. The minimum atomic E-state index is -0.258. The van der Waals surface area contributed by atoms with Crippen molar-refractivity contribution in [3.63, 3.8) is 0 Å². The van der Waals surface area contributed by atoms with Crippen molar-refractivity contribution in [2.24, 2.45) is 5.92 Å². The number of hydrogen-bond acceptors (Lipinski definition) is 2. The lowest BCUT2D eigenvalue weighted by Crippen LogP contribution is -2.33. The van der Waals surface area contributed by atoms with Crippen LogP contribution in [-0.4, -0.2) is 12.6 Å². The molecule has 3 heteroatoms. The number of halogens is 1. The molecule has 2 unspecified atom stereocenters. The summed E-state index contributed by atoms with van der Waals surface area (Å²) in [6.45, 7) is 5.37. The first-order chi connectivity index (χ1) is 10.1. The molecule has 0 amide bonds. The summed E-state index contributed by atoms with van der Waals surface area (Å²) in [5.41, 5.74) is 0.411. The maximum Gasteiger partial charge on any atom is 0.169 e. The van der Waals surface area contributed by atoms with E-state index in [0.29, 0.717) is 23.5 Å². The molecule has 1 fully saturated rings. The van der Waals surface area contributed by atoms with Gasteiger partial charge in [0, 0.05) is 17.3 Å². The van der Waals surface area contributed by atoms with E-state index in [4.69, 9.17) is 4.42 Å². The summed E-state index contributed by atoms with van der Waals surface area (Å²) in [5.74, 6) is 1.71. The minimum Gasteiger partial charge on any atom is -0.458 e. The molecule has 21 heavy (non-hydrogen) atoms. The van der Waals surface area contributed by atoms with Crippen LogP contribution < -0.4 is 5.32 Å². The third-order valence-corrected chi connectivity index (χ3v) is 4.58. The molecule has 0 saturated heterocycles. The molecule has 1 aliphatic rings. The van der Waals surface area contributed by atoms with Crippen LogP contribution >= 0.6 is 0 Å². The Morgan fingerprint density at radius 3 is 2.86 bits per heavy atom. The van der Waals surface area contributed by atoms with Crippen molar-refractivity contribution in [2.45, 2.75) is 51.5 Å². The highest BCUT2D eigenvalue weighted by atomic mass is 19.1. The lowest BCUT2D eigenvalue weighted by Gasteiger charge is -2.31. The fourth-order valence-corrected chi connectivity index (χ4v) is 3.44. The van der Waals surface area contributed by atoms with Crippen molar-refractivity contribution >= 4 is 11.0 Å². The van der Waals surface area contributed by atoms with Crippen molar-refractivity contribution in [3.8, 4) is 0 Å². The van der Waals surface area contributed by atoms with Gasteiger partial charge in [-0.05, 0) is 37.4 Å². The molecule has 0 spiro atoms. The fourth-order valence-electron chi connectivity index (χ4n) is 3.44. The van der Waals surface area contributed by atoms with Gasteiger partial charge < -0.3 is 9.73 Å². The van der Waals surface area contributed by atoms with E-state index in [9.17, 15) is 4.39 Å². The Bertz CT molecular complexity index is 604. The Balaban J connectivity index is 1.85. The van der Waals surface area contributed by atoms with Gasteiger partial charge in [0.1, 0.15) is 5.76 Å². The van der Waals surface area contributed by atoms with Crippen molar-refractivity contribution in [1.82, 2.24) is 5.32 Å². The van der Waals surface area contributed by atoms with Gasteiger partial charge in [-0.3, -0.25) is 0 Å². The number of furan rings is 1. The van der Waals surface area contributed by atoms with E-state index < -0.39 is 0 Å². The minimum absolute atomic E-state index is 0.258. The monoisotopic (exact) mass is 289 g/mol. The van der Waals surface area contributed by atoms with Crippen LogP contribution in [0.4, 0.5) is 4.39 Å². The summed E-state index contributed by atoms with van der Waals surface area (Å²) < 4.78 is 19.7. The van der Waals surface area contributed by atoms with Gasteiger partial charge >= 0.3 is 0 Å². The SMILES string of the molecule is CC(C)NCC1CCCCC1c1cc2cccc(F)c2o1. The Morgan fingerprint density at radius 1 is 1.29 bits per heavy atom. The Kier molecular flexibility index (Phi) is 4.29. The number of hydrogen-bond donors (Lipinski definition) is 1. The topological polar surface area (TPSA) is 25.2 Å². The molecule has 1 aliphatic carbocycles. The number of benzene rings is 1. The quantitative estimate of drug-likeness (QED) is 0.871. The molecule has 1 aromatic heterocycles. The standard InChI is InChI=1S/C18H24FNO/c1-12(2)20-11-14-6-3-4-8-15(14)17-10-13-7-5-9-16(19)18(13)21-17/h5,7,9-10,12,14-15,20H,3-4,6,8,11H2,1-2H3. The molecule has 1 aromatic carbocycles. The first kappa shape index (κ1) is 14.6. The van der Waals surface area contributed by atoms with Crippen LogP contribution in [0, 0.1) is 11.7 Å². The van der Waals surface area contributed by atoms with Crippen molar-refractivity contribution in [3.05, 3.63) is 35.8 Å². The van der Waals surface area contributed by atoms with Gasteiger partial charge in [0.2, 0.25) is 0 Å². The number of rotatable bonds is 4. The summed E-state index contributed by atoms with van der Waals surface area (Å²) in [4.78, 5) is 0. The first-order valence-electron chi connectivity index (χ1n) is 8.06. The van der Waals surface area contributed by atoms with E-state index in [-0.39, 0.29) is 5.82 Å². The summed E-state index contributed by atoms with van der Waals surface area (Å²) in [7, 11) is 0. The van der Waals surface area contributed by atoms with Crippen molar-refractivity contribution in [2.75, 3.05) is 6.54 Å². The van der Waals surface area contributed by atoms with Gasteiger partial charge in [-0.15, -0.1) is 0 Å². The maximum absolute atomic E-state index is 13.8. The highest BCUT2D eigenvalue weighted by Gasteiger charge is 2.29. The molecular weight excluding hydrogens is 265 g/mol. The predicted molar refractivity (Wildman–Crippen MR) is 84.0 cm³/mol. The Morgan fingerprint density at radius 2 is 2.10 bits per heavy atom. The first-order valence-corrected chi connectivity index (χ1v) is 8.06. The second kappa shape index (κ2) is 6.18. The molecular formula is C18H24FNO. The van der Waals surface area contributed by atoms with Crippen LogP contribution in [0.3, 0.4) is 0 Å². The smallest absolute Gasteiger partial charge is 0.169 e. The summed E-state index contributed by atoms with van der Waals surface area (Å²) in [5, 5.41) is 4.43. The van der Waals surface area contributed by atoms with Crippen LogP contribution in [0.15, 0.2) is 28.7 Å². The highest BCUT2D eigenvalue weighted by molar-refractivity contribution is 5.78. The third-order valence-electron chi connectivity index (χ3n) is 4.58. The lowest BCUT2D eigenvalue weighted by molar-refractivity contribution is 0.262. The second-order valence-electron chi connectivity index (χ2n) is 6.52. The fraction of sp³-hybridized carbons (Fsp3) is 0.556. The molecule has 1 saturated carbocycles. The van der Waals surface area contributed by atoms with Gasteiger partial charge in [-0.2, -0.15) is 0 Å². The summed E-state index contributed by atoms with van der Waals surface area (Å²) in [6, 6.07) is 7.68. The largest absolute Gasteiger partial charge is 0.458 e. The average Bonchev–Trinajstić information content (AvgIpc) is 2.91. The Hall–Kier alpha value is -1.35. The van der Waals surface area contributed by atoms with Gasteiger partial charge in [-0.1, -0.05) is 38.8 Å².